The molecule has 0 bridgehead atoms. The average molecular weight is 476 g/mol. The largest absolute Gasteiger partial charge is 0.493 e. The third-order valence-electron chi connectivity index (χ3n) is 6.21. The molecule has 2 heterocycles. The molecule has 0 aromatic heterocycles. The SMILES string of the molecule is CNC(=O)N1CCc2c(cc(OC)c(OC)c2F)C(c2ccc(N3CCC(F)(F)CC3)cc2)=N1. The second-order valence-corrected chi connectivity index (χ2v) is 8.22. The van der Waals surface area contributed by atoms with Gasteiger partial charge in [0.15, 0.2) is 17.3 Å². The molecule has 2 aliphatic heterocycles. The number of hydrogen-bond acceptors (Lipinski definition) is 5. The maximum Gasteiger partial charge on any atom is 0.337 e. The van der Waals surface area contributed by atoms with E-state index in [1.165, 1.54) is 26.3 Å². The molecule has 2 aromatic carbocycles. The van der Waals surface area contributed by atoms with Crippen molar-refractivity contribution in [1.29, 1.82) is 0 Å². The first kappa shape index (κ1) is 23.7. The van der Waals surface area contributed by atoms with Crippen LogP contribution in [0.25, 0.3) is 0 Å². The standard InChI is InChI=1S/C24H27F3N4O3/c1-28-23(32)31-11-8-17-18(14-19(33-2)22(34-3)20(17)25)21(29-31)15-4-6-16(7-5-15)30-12-9-24(26,27)10-13-30/h4-7,14H,8-13H2,1-3H3,(H,28,32). The van der Waals surface area contributed by atoms with Crippen LogP contribution in [0.1, 0.15) is 29.5 Å². The fraction of sp³-hybridized carbons (Fsp3) is 0.417. The van der Waals surface area contributed by atoms with Gasteiger partial charge in [-0.2, -0.15) is 5.10 Å². The smallest absolute Gasteiger partial charge is 0.337 e. The van der Waals surface area contributed by atoms with Crippen molar-refractivity contribution in [3.05, 3.63) is 52.8 Å². The monoisotopic (exact) mass is 476 g/mol. The molecule has 1 N–H and O–H groups in total. The number of anilines is 1. The number of hydrogen-bond donors (Lipinski definition) is 1. The lowest BCUT2D eigenvalue weighted by Crippen LogP contribution is -2.39. The molecule has 2 amide bonds. The molecule has 0 unspecified atom stereocenters. The first-order valence-electron chi connectivity index (χ1n) is 11.0. The molecule has 0 saturated carbocycles. The Bertz CT molecular complexity index is 1100. The fourth-order valence-corrected chi connectivity index (χ4v) is 4.30. The molecule has 0 spiro atoms. The van der Waals surface area contributed by atoms with Gasteiger partial charge in [-0.3, -0.25) is 0 Å². The van der Waals surface area contributed by atoms with Gasteiger partial charge in [-0.15, -0.1) is 0 Å². The van der Waals surface area contributed by atoms with E-state index in [0.29, 0.717) is 22.4 Å². The lowest BCUT2D eigenvalue weighted by Gasteiger charge is -2.33. The van der Waals surface area contributed by atoms with Crippen LogP contribution in [0.15, 0.2) is 35.4 Å². The number of methoxy groups -OCH3 is 2. The molecule has 10 heteroatoms. The average Bonchev–Trinajstić information content (AvgIpc) is 3.03. The molecule has 0 atom stereocenters. The molecule has 4 rings (SSSR count). The summed E-state index contributed by atoms with van der Waals surface area (Å²) in [6, 6.07) is 8.49. The van der Waals surface area contributed by atoms with E-state index in [0.717, 1.165) is 5.69 Å². The highest BCUT2D eigenvalue weighted by Gasteiger charge is 2.34. The minimum atomic E-state index is -2.62. The summed E-state index contributed by atoms with van der Waals surface area (Å²) in [5.74, 6) is -2.98. The summed E-state index contributed by atoms with van der Waals surface area (Å²) in [6.45, 7) is 0.703. The van der Waals surface area contributed by atoms with Gasteiger partial charge >= 0.3 is 6.03 Å². The van der Waals surface area contributed by atoms with Crippen LogP contribution in [0, 0.1) is 5.82 Å². The number of ether oxygens (including phenoxy) is 2. The Kier molecular flexibility index (Phi) is 6.58. The highest BCUT2D eigenvalue weighted by Crippen LogP contribution is 2.37. The van der Waals surface area contributed by atoms with Gasteiger partial charge in [-0.25, -0.2) is 23.0 Å². The zero-order valence-corrected chi connectivity index (χ0v) is 19.3. The zero-order valence-electron chi connectivity index (χ0n) is 19.3. The molecule has 2 aliphatic rings. The molecule has 7 nitrogen and oxygen atoms in total. The summed E-state index contributed by atoms with van der Waals surface area (Å²) >= 11 is 0. The third kappa shape index (κ3) is 4.49. The van der Waals surface area contributed by atoms with Gasteiger partial charge in [-0.1, -0.05) is 12.1 Å². The van der Waals surface area contributed by atoms with Crippen LogP contribution in [-0.2, 0) is 6.42 Å². The number of nitrogens with zero attached hydrogens (tertiary/aromatic N) is 3. The van der Waals surface area contributed by atoms with E-state index in [4.69, 9.17) is 9.47 Å². The predicted molar refractivity (Wildman–Crippen MR) is 123 cm³/mol. The highest BCUT2D eigenvalue weighted by molar-refractivity contribution is 6.14. The van der Waals surface area contributed by atoms with Gasteiger partial charge in [0.25, 0.3) is 5.92 Å². The number of amides is 2. The van der Waals surface area contributed by atoms with Gasteiger partial charge in [-0.05, 0) is 24.6 Å². The van der Waals surface area contributed by atoms with E-state index in [2.05, 4.69) is 10.4 Å². The van der Waals surface area contributed by atoms with Crippen molar-refractivity contribution in [2.45, 2.75) is 25.2 Å². The molecule has 1 saturated heterocycles. The van der Waals surface area contributed by atoms with Crippen molar-refractivity contribution in [3.63, 3.8) is 0 Å². The number of hydrazone groups is 1. The number of piperidine rings is 1. The van der Waals surface area contributed by atoms with Gasteiger partial charge in [0.2, 0.25) is 0 Å². The molecule has 182 valence electrons. The van der Waals surface area contributed by atoms with Crippen molar-refractivity contribution in [1.82, 2.24) is 10.3 Å². The quantitative estimate of drug-likeness (QED) is 0.724. The molecular formula is C24H27F3N4O3. The van der Waals surface area contributed by atoms with E-state index in [-0.39, 0.29) is 50.4 Å². The summed E-state index contributed by atoms with van der Waals surface area (Å²) < 4.78 is 53.0. The van der Waals surface area contributed by atoms with Crippen LogP contribution in [0.2, 0.25) is 0 Å². The summed E-state index contributed by atoms with van der Waals surface area (Å²) in [5.41, 5.74) is 2.72. The molecule has 0 aliphatic carbocycles. The van der Waals surface area contributed by atoms with Crippen molar-refractivity contribution in [3.8, 4) is 11.5 Å². The van der Waals surface area contributed by atoms with Crippen molar-refractivity contribution in [2.75, 3.05) is 45.8 Å². The summed E-state index contributed by atoms with van der Waals surface area (Å²) in [7, 11) is 4.29. The van der Waals surface area contributed by atoms with E-state index >= 15 is 4.39 Å². The fourth-order valence-electron chi connectivity index (χ4n) is 4.30. The number of halogens is 3. The summed E-state index contributed by atoms with van der Waals surface area (Å²) in [5, 5.41) is 8.36. The number of urea groups is 1. The lowest BCUT2D eigenvalue weighted by molar-refractivity contribution is -0.0220. The van der Waals surface area contributed by atoms with E-state index in [1.54, 1.807) is 18.2 Å². The minimum Gasteiger partial charge on any atom is -0.493 e. The molecule has 1 fully saturated rings. The van der Waals surface area contributed by atoms with E-state index < -0.39 is 17.8 Å². The molecular weight excluding hydrogens is 449 g/mol. The van der Waals surface area contributed by atoms with Gasteiger partial charge in [0, 0.05) is 55.4 Å². The van der Waals surface area contributed by atoms with Gasteiger partial charge in [0.05, 0.1) is 26.5 Å². The number of rotatable bonds is 4. The Balaban J connectivity index is 1.76. The van der Waals surface area contributed by atoms with Crippen LogP contribution in [0.3, 0.4) is 0 Å². The lowest BCUT2D eigenvalue weighted by atomic mass is 9.94. The maximum absolute atomic E-state index is 15.4. The summed E-state index contributed by atoms with van der Waals surface area (Å²) in [6.07, 6.45) is -0.143. The second-order valence-electron chi connectivity index (χ2n) is 8.22. The molecule has 34 heavy (non-hydrogen) atoms. The Morgan fingerprint density at radius 1 is 1.09 bits per heavy atom. The Hall–Kier alpha value is -3.43. The maximum atomic E-state index is 15.4. The summed E-state index contributed by atoms with van der Waals surface area (Å²) in [4.78, 5) is 14.3. The first-order chi connectivity index (χ1) is 16.3. The van der Waals surface area contributed by atoms with Gasteiger partial charge in [0.1, 0.15) is 0 Å². The van der Waals surface area contributed by atoms with Crippen LogP contribution in [0.5, 0.6) is 11.5 Å². The van der Waals surface area contributed by atoms with Crippen LogP contribution in [0.4, 0.5) is 23.7 Å². The topological polar surface area (TPSA) is 66.4 Å². The predicted octanol–water partition coefficient (Wildman–Crippen LogP) is 4.03. The van der Waals surface area contributed by atoms with Crippen LogP contribution >= 0.6 is 0 Å². The minimum absolute atomic E-state index is 0.00811. The van der Waals surface area contributed by atoms with Crippen molar-refractivity contribution in [2.24, 2.45) is 5.10 Å². The highest BCUT2D eigenvalue weighted by atomic mass is 19.3. The number of alkyl halides is 2. The van der Waals surface area contributed by atoms with Crippen LogP contribution in [-0.4, -0.2) is 63.6 Å². The number of carbonyl (C=O) groups is 1. The van der Waals surface area contributed by atoms with Crippen molar-refractivity contribution < 1.29 is 27.4 Å². The van der Waals surface area contributed by atoms with E-state index in [1.807, 2.05) is 17.0 Å². The zero-order chi connectivity index (χ0) is 24.5. The Morgan fingerprint density at radius 3 is 2.35 bits per heavy atom. The van der Waals surface area contributed by atoms with Crippen molar-refractivity contribution >= 4 is 17.4 Å². The Labute approximate surface area is 196 Å². The number of fused-ring (bicyclic) bond motifs is 1. The second kappa shape index (κ2) is 9.44. The number of benzene rings is 2. The first-order valence-corrected chi connectivity index (χ1v) is 11.0. The van der Waals surface area contributed by atoms with Gasteiger partial charge < -0.3 is 19.7 Å². The van der Waals surface area contributed by atoms with E-state index in [9.17, 15) is 13.6 Å². The Morgan fingerprint density at radius 2 is 1.76 bits per heavy atom. The van der Waals surface area contributed by atoms with Crippen LogP contribution < -0.4 is 19.7 Å². The molecule has 2 aromatic rings. The number of nitrogens with one attached hydrogen (secondary N) is 1. The number of carbonyl (C=O) groups excluding carboxylic acids is 1. The normalized spacial score (nSPS) is 17.4. The third-order valence-corrected chi connectivity index (χ3v) is 6.21. The molecule has 0 radical (unpaired) electrons.